The number of carbonyl (C=O) groups excluding carboxylic acids is 2. The number of benzene rings is 3. The summed E-state index contributed by atoms with van der Waals surface area (Å²) in [6.07, 6.45) is 6.72. The van der Waals surface area contributed by atoms with E-state index in [0.29, 0.717) is 22.6 Å². The summed E-state index contributed by atoms with van der Waals surface area (Å²) in [6.45, 7) is 4.85. The highest BCUT2D eigenvalue weighted by Gasteiger charge is 2.41. The molecule has 0 spiro atoms. The number of anilines is 1. The summed E-state index contributed by atoms with van der Waals surface area (Å²) >= 11 is 0. The zero-order chi connectivity index (χ0) is 26.0. The lowest BCUT2D eigenvalue weighted by molar-refractivity contribution is 0.0602. The highest BCUT2D eigenvalue weighted by Crippen LogP contribution is 2.51. The van der Waals surface area contributed by atoms with E-state index in [1.54, 1.807) is 48.5 Å². The van der Waals surface area contributed by atoms with E-state index in [0.717, 1.165) is 23.5 Å². The quantitative estimate of drug-likeness (QED) is 0.356. The van der Waals surface area contributed by atoms with Crippen LogP contribution in [0.5, 0.6) is 11.5 Å². The average Bonchev–Trinajstić information content (AvgIpc) is 2.88. The van der Waals surface area contributed by atoms with E-state index in [4.69, 9.17) is 9.47 Å². The van der Waals surface area contributed by atoms with E-state index in [2.05, 4.69) is 43.4 Å². The molecule has 2 bridgehead atoms. The molecule has 3 aromatic carbocycles. The van der Waals surface area contributed by atoms with Gasteiger partial charge in [0.1, 0.15) is 11.5 Å². The molecule has 192 valence electrons. The van der Waals surface area contributed by atoms with Crippen LogP contribution >= 0.6 is 0 Å². The van der Waals surface area contributed by atoms with Gasteiger partial charge in [0.05, 0.1) is 18.4 Å². The fraction of sp³-hybridized carbons (Fsp3) is 0.375. The molecule has 2 saturated carbocycles. The van der Waals surface area contributed by atoms with Crippen LogP contribution in [0.25, 0.3) is 0 Å². The van der Waals surface area contributed by atoms with Crippen molar-refractivity contribution in [1.82, 2.24) is 0 Å². The average molecular weight is 498 g/mol. The zero-order valence-corrected chi connectivity index (χ0v) is 21.8. The van der Waals surface area contributed by atoms with E-state index in [1.165, 1.54) is 44.8 Å². The highest BCUT2D eigenvalue weighted by molar-refractivity contribution is 6.08. The van der Waals surface area contributed by atoms with Gasteiger partial charge in [0.15, 0.2) is 0 Å². The molecule has 1 amide bonds. The Balaban J connectivity index is 1.22. The monoisotopic (exact) mass is 497 g/mol. The molecule has 0 heterocycles. The summed E-state index contributed by atoms with van der Waals surface area (Å²) in [5.74, 6) is 3.21. The van der Waals surface area contributed by atoms with Crippen LogP contribution in [0.3, 0.4) is 0 Å². The molecule has 2 fully saturated rings. The topological polar surface area (TPSA) is 64.6 Å². The molecule has 3 aromatic rings. The van der Waals surface area contributed by atoms with Gasteiger partial charge in [-0.25, -0.2) is 4.79 Å². The Morgan fingerprint density at radius 3 is 2.05 bits per heavy atom. The molecule has 37 heavy (non-hydrogen) atoms. The van der Waals surface area contributed by atoms with Gasteiger partial charge in [0.25, 0.3) is 5.91 Å². The molecule has 5 nitrogen and oxygen atoms in total. The van der Waals surface area contributed by atoms with Crippen molar-refractivity contribution in [3.63, 3.8) is 0 Å². The van der Waals surface area contributed by atoms with Gasteiger partial charge in [-0.15, -0.1) is 0 Å². The van der Waals surface area contributed by atoms with Gasteiger partial charge in [0.2, 0.25) is 0 Å². The van der Waals surface area contributed by atoms with Crippen LogP contribution in [0.1, 0.15) is 72.2 Å². The van der Waals surface area contributed by atoms with Gasteiger partial charge >= 0.3 is 5.97 Å². The Hall–Kier alpha value is -3.60. The molecule has 0 aromatic heterocycles. The minimum absolute atomic E-state index is 0.244. The lowest BCUT2D eigenvalue weighted by Gasteiger charge is -2.47. The Bertz CT molecular complexity index is 1250. The number of rotatable bonds is 6. The number of esters is 1. The van der Waals surface area contributed by atoms with E-state index < -0.39 is 5.97 Å². The van der Waals surface area contributed by atoms with Crippen LogP contribution in [-0.2, 0) is 10.2 Å². The van der Waals surface area contributed by atoms with Crippen molar-refractivity contribution in [1.29, 1.82) is 0 Å². The van der Waals surface area contributed by atoms with Gasteiger partial charge in [-0.3, -0.25) is 4.79 Å². The van der Waals surface area contributed by atoms with Crippen molar-refractivity contribution < 1.29 is 19.1 Å². The predicted molar refractivity (Wildman–Crippen MR) is 145 cm³/mol. The molecule has 2 aliphatic rings. The Labute approximate surface area is 219 Å². The predicted octanol–water partition coefficient (Wildman–Crippen LogP) is 7.62. The maximum absolute atomic E-state index is 12.8. The molecule has 0 aliphatic heterocycles. The third-order valence-corrected chi connectivity index (χ3v) is 8.10. The molecule has 1 N–H and O–H groups in total. The third-order valence-electron chi connectivity index (χ3n) is 8.10. The van der Waals surface area contributed by atoms with Gasteiger partial charge in [-0.1, -0.05) is 38.1 Å². The second-order valence-corrected chi connectivity index (χ2v) is 11.2. The Kier molecular flexibility index (Phi) is 7.05. The maximum Gasteiger partial charge on any atom is 0.339 e. The normalized spacial score (nSPS) is 24.7. The first kappa shape index (κ1) is 25.1. The molecule has 2 unspecified atom stereocenters. The molecular formula is C32H35NO4. The van der Waals surface area contributed by atoms with Crippen LogP contribution in [-0.4, -0.2) is 19.0 Å². The lowest BCUT2D eigenvalue weighted by Crippen LogP contribution is -2.38. The Morgan fingerprint density at radius 2 is 1.43 bits per heavy atom. The van der Waals surface area contributed by atoms with Gasteiger partial charge < -0.3 is 14.8 Å². The molecular weight excluding hydrogens is 462 g/mol. The maximum atomic E-state index is 12.8. The fourth-order valence-electron chi connectivity index (χ4n) is 6.64. The number of para-hydroxylation sites is 1. The van der Waals surface area contributed by atoms with Crippen molar-refractivity contribution in [3.05, 3.63) is 89.5 Å². The molecule has 2 aliphatic carbocycles. The first-order chi connectivity index (χ1) is 17.8. The zero-order valence-electron chi connectivity index (χ0n) is 21.8. The smallest absolute Gasteiger partial charge is 0.339 e. The van der Waals surface area contributed by atoms with Crippen molar-refractivity contribution in [2.24, 2.45) is 17.8 Å². The summed E-state index contributed by atoms with van der Waals surface area (Å²) in [5.41, 5.74) is 2.83. The number of methoxy groups -OCH3 is 1. The molecule has 5 rings (SSSR count). The van der Waals surface area contributed by atoms with Crippen LogP contribution in [0, 0.1) is 17.8 Å². The van der Waals surface area contributed by atoms with Crippen LogP contribution in [0.15, 0.2) is 72.8 Å². The van der Waals surface area contributed by atoms with E-state index in [-0.39, 0.29) is 11.3 Å². The number of amides is 1. The highest BCUT2D eigenvalue weighted by atomic mass is 16.5. The molecule has 0 saturated heterocycles. The summed E-state index contributed by atoms with van der Waals surface area (Å²) in [6, 6.07) is 22.3. The van der Waals surface area contributed by atoms with Gasteiger partial charge in [0, 0.05) is 5.56 Å². The van der Waals surface area contributed by atoms with Crippen LogP contribution < -0.4 is 10.1 Å². The summed E-state index contributed by atoms with van der Waals surface area (Å²) in [7, 11) is 1.31. The standard InChI is InChI=1S/C32H35NO4/c1-21-16-22-18-23(17-21)20-32(2,19-22)25-10-14-27(15-11-25)37-26-12-8-24(9-13-26)30(34)33-29-7-5-4-6-28(29)31(35)36-3/h4-15,21-23H,16-20H2,1-3H3,(H,33,34). The van der Waals surface area contributed by atoms with Gasteiger partial charge in [-0.05, 0) is 109 Å². The number of fused-ring (bicyclic) bond motifs is 2. The summed E-state index contributed by atoms with van der Waals surface area (Å²) in [4.78, 5) is 24.7. The SMILES string of the molecule is COC(=O)c1ccccc1NC(=O)c1ccc(Oc2ccc(C3(C)CC4CC(C)CC(C4)C3)cc2)cc1. The molecule has 2 atom stereocenters. The second-order valence-electron chi connectivity index (χ2n) is 11.2. The van der Waals surface area contributed by atoms with Crippen molar-refractivity contribution in [2.75, 3.05) is 12.4 Å². The van der Waals surface area contributed by atoms with E-state index >= 15 is 0 Å². The van der Waals surface area contributed by atoms with Crippen molar-refractivity contribution in [3.8, 4) is 11.5 Å². The molecule has 5 heteroatoms. The number of nitrogens with one attached hydrogen (secondary N) is 1. The lowest BCUT2D eigenvalue weighted by atomic mass is 9.58. The number of carbonyl (C=O) groups is 2. The first-order valence-electron chi connectivity index (χ1n) is 13.2. The van der Waals surface area contributed by atoms with Crippen LogP contribution in [0.4, 0.5) is 5.69 Å². The second kappa shape index (κ2) is 10.4. The third kappa shape index (κ3) is 5.56. The summed E-state index contributed by atoms with van der Waals surface area (Å²) < 4.78 is 10.9. The van der Waals surface area contributed by atoms with E-state index in [9.17, 15) is 9.59 Å². The number of ether oxygens (including phenoxy) is 2. The van der Waals surface area contributed by atoms with Gasteiger partial charge in [-0.2, -0.15) is 0 Å². The van der Waals surface area contributed by atoms with E-state index in [1.807, 2.05) is 0 Å². The minimum Gasteiger partial charge on any atom is -0.465 e. The van der Waals surface area contributed by atoms with Crippen LogP contribution in [0.2, 0.25) is 0 Å². The fourth-order valence-corrected chi connectivity index (χ4v) is 6.64. The largest absolute Gasteiger partial charge is 0.465 e. The van der Waals surface area contributed by atoms with Crippen molar-refractivity contribution in [2.45, 2.75) is 51.4 Å². The number of hydrogen-bond donors (Lipinski definition) is 1. The summed E-state index contributed by atoms with van der Waals surface area (Å²) in [5, 5.41) is 2.79. The minimum atomic E-state index is -0.499. The van der Waals surface area contributed by atoms with Crippen molar-refractivity contribution >= 4 is 17.6 Å². The molecule has 0 radical (unpaired) electrons. The first-order valence-corrected chi connectivity index (χ1v) is 13.2. The number of hydrogen-bond acceptors (Lipinski definition) is 4. The Morgan fingerprint density at radius 1 is 0.838 bits per heavy atom.